The molecule has 28 heavy (non-hydrogen) atoms. The number of fused-ring (bicyclic) bond motifs is 1. The number of carbonyl (C=O) groups excluding carboxylic acids is 1. The first kappa shape index (κ1) is 20.5. The first-order chi connectivity index (χ1) is 13.0. The fourth-order valence-corrected chi connectivity index (χ4v) is 3.51. The van der Waals surface area contributed by atoms with E-state index in [1.54, 1.807) is 32.0 Å². The summed E-state index contributed by atoms with van der Waals surface area (Å²) in [5.74, 6) is -0.0806. The van der Waals surface area contributed by atoms with Gasteiger partial charge in [0.05, 0.1) is 6.61 Å². The van der Waals surface area contributed by atoms with Gasteiger partial charge in [0.1, 0.15) is 5.75 Å². The number of ether oxygens (including phenoxy) is 1. The van der Waals surface area contributed by atoms with Crippen molar-refractivity contribution in [2.24, 2.45) is 5.92 Å². The van der Waals surface area contributed by atoms with Crippen molar-refractivity contribution < 1.29 is 22.7 Å². The van der Waals surface area contributed by atoms with Gasteiger partial charge in [0.15, 0.2) is 6.04 Å². The quantitative estimate of drug-likeness (QED) is 0.777. The molecule has 1 atom stereocenters. The van der Waals surface area contributed by atoms with E-state index in [1.807, 2.05) is 26.0 Å². The average molecular weight is 394 g/mol. The van der Waals surface area contributed by atoms with Crippen LogP contribution in [-0.4, -0.2) is 29.2 Å². The number of hydrazine groups is 1. The molecule has 1 aliphatic rings. The maximum absolute atomic E-state index is 14.3. The minimum atomic E-state index is -4.60. The molecule has 1 saturated heterocycles. The Labute approximate surface area is 162 Å². The van der Waals surface area contributed by atoms with Crippen LogP contribution in [0.1, 0.15) is 45.7 Å². The van der Waals surface area contributed by atoms with Crippen molar-refractivity contribution in [3.8, 4) is 5.75 Å². The summed E-state index contributed by atoms with van der Waals surface area (Å²) in [6.45, 7) is 7.42. The minimum absolute atomic E-state index is 0.00197. The molecule has 2 aromatic carbocycles. The molecule has 0 bridgehead atoms. The number of nitrogens with zero attached hydrogens (tertiary/aromatic N) is 1. The van der Waals surface area contributed by atoms with E-state index >= 15 is 0 Å². The van der Waals surface area contributed by atoms with Crippen LogP contribution in [0.4, 0.5) is 13.2 Å². The molecule has 0 aliphatic carbocycles. The Balaban J connectivity index is 2.18. The summed E-state index contributed by atoms with van der Waals surface area (Å²) in [7, 11) is 0. The highest BCUT2D eigenvalue weighted by Crippen LogP contribution is 2.46. The summed E-state index contributed by atoms with van der Waals surface area (Å²) < 4.78 is 48.6. The van der Waals surface area contributed by atoms with Gasteiger partial charge in [-0.3, -0.25) is 10.2 Å². The molecule has 7 heteroatoms. The average Bonchev–Trinajstić information content (AvgIpc) is 2.83. The third-order valence-corrected chi connectivity index (χ3v) is 4.80. The van der Waals surface area contributed by atoms with Gasteiger partial charge in [-0.2, -0.15) is 18.2 Å². The van der Waals surface area contributed by atoms with E-state index in [-0.39, 0.29) is 23.7 Å². The molecule has 1 aliphatic heterocycles. The van der Waals surface area contributed by atoms with Crippen molar-refractivity contribution in [2.75, 3.05) is 6.61 Å². The van der Waals surface area contributed by atoms with Gasteiger partial charge < -0.3 is 4.74 Å². The Bertz CT molecular complexity index is 878. The number of benzene rings is 2. The van der Waals surface area contributed by atoms with Gasteiger partial charge >= 0.3 is 6.18 Å². The van der Waals surface area contributed by atoms with Crippen LogP contribution in [0.2, 0.25) is 0 Å². The number of carbonyl (C=O) groups is 1. The van der Waals surface area contributed by atoms with Crippen molar-refractivity contribution in [3.63, 3.8) is 0 Å². The maximum Gasteiger partial charge on any atom is 0.410 e. The Hall–Kier alpha value is -2.28. The highest BCUT2D eigenvalue weighted by Gasteiger charge is 2.54. The molecule has 1 fully saturated rings. The van der Waals surface area contributed by atoms with Crippen LogP contribution in [0.3, 0.4) is 0 Å². The fraction of sp³-hybridized carbons (Fsp3) is 0.476. The van der Waals surface area contributed by atoms with Gasteiger partial charge in [-0.25, -0.2) is 0 Å². The first-order valence-electron chi connectivity index (χ1n) is 9.30. The molecule has 3 rings (SSSR count). The molecule has 0 saturated carbocycles. The van der Waals surface area contributed by atoms with Crippen LogP contribution in [0.25, 0.3) is 10.8 Å². The second-order valence-corrected chi connectivity index (χ2v) is 8.28. The van der Waals surface area contributed by atoms with E-state index < -0.39 is 23.7 Å². The predicted molar refractivity (Wildman–Crippen MR) is 102 cm³/mol. The van der Waals surface area contributed by atoms with Gasteiger partial charge in [0.2, 0.25) is 5.91 Å². The molecule has 4 nitrogen and oxygen atoms in total. The van der Waals surface area contributed by atoms with Crippen molar-refractivity contribution in [3.05, 3.63) is 42.0 Å². The van der Waals surface area contributed by atoms with Gasteiger partial charge in [-0.1, -0.05) is 38.1 Å². The lowest BCUT2D eigenvalue weighted by atomic mass is 9.95. The molecular formula is C21H25F3N2O2. The summed E-state index contributed by atoms with van der Waals surface area (Å²) in [4.78, 5) is 11.9. The highest BCUT2D eigenvalue weighted by atomic mass is 19.4. The van der Waals surface area contributed by atoms with E-state index in [0.717, 1.165) is 10.4 Å². The molecule has 0 spiro atoms. The van der Waals surface area contributed by atoms with Crippen LogP contribution in [0.15, 0.2) is 36.4 Å². The standard InChI is InChI=1S/C21H25F3N2O2/c1-13(2)12-28-17-10-15-8-6-5-7-14(15)9-16(17)19(21(22,23)24)26-20(3,4)11-18(27)25-26/h5-10,13,19H,11-12H2,1-4H3,(H,25,27)/t19-/m0/s1. The zero-order valence-corrected chi connectivity index (χ0v) is 16.4. The second-order valence-electron chi connectivity index (χ2n) is 8.28. The van der Waals surface area contributed by atoms with Crippen molar-refractivity contribution in [1.29, 1.82) is 0 Å². The number of hydrogen-bond acceptors (Lipinski definition) is 3. The van der Waals surface area contributed by atoms with E-state index in [2.05, 4.69) is 5.43 Å². The van der Waals surface area contributed by atoms with Gasteiger partial charge in [-0.05, 0) is 42.7 Å². The monoisotopic (exact) mass is 394 g/mol. The predicted octanol–water partition coefficient (Wildman–Crippen LogP) is 4.99. The normalized spacial score (nSPS) is 18.5. The number of hydrogen-bond donors (Lipinski definition) is 1. The second kappa shape index (κ2) is 7.28. The molecule has 0 aromatic heterocycles. The largest absolute Gasteiger partial charge is 0.493 e. The fourth-order valence-electron chi connectivity index (χ4n) is 3.51. The minimum Gasteiger partial charge on any atom is -0.493 e. The van der Waals surface area contributed by atoms with E-state index in [1.165, 1.54) is 6.07 Å². The number of nitrogens with one attached hydrogen (secondary N) is 1. The molecule has 1 heterocycles. The molecule has 1 amide bonds. The Morgan fingerprint density at radius 3 is 2.29 bits per heavy atom. The van der Waals surface area contributed by atoms with Crippen LogP contribution >= 0.6 is 0 Å². The number of rotatable bonds is 5. The third kappa shape index (κ3) is 4.09. The summed E-state index contributed by atoms with van der Waals surface area (Å²) in [6, 6.07) is 8.38. The van der Waals surface area contributed by atoms with E-state index in [4.69, 9.17) is 4.74 Å². The van der Waals surface area contributed by atoms with Crippen LogP contribution in [0.5, 0.6) is 5.75 Å². The molecule has 0 unspecified atom stereocenters. The van der Waals surface area contributed by atoms with Crippen molar-refractivity contribution >= 4 is 16.7 Å². The summed E-state index contributed by atoms with van der Waals surface area (Å²) in [5, 5.41) is 2.50. The van der Waals surface area contributed by atoms with Gasteiger partial charge in [0, 0.05) is 17.5 Å². The van der Waals surface area contributed by atoms with E-state index in [9.17, 15) is 18.0 Å². The van der Waals surface area contributed by atoms with Gasteiger partial charge in [0.25, 0.3) is 0 Å². The van der Waals surface area contributed by atoms with E-state index in [0.29, 0.717) is 12.0 Å². The number of alkyl halides is 3. The lowest BCUT2D eigenvalue weighted by molar-refractivity contribution is -0.204. The first-order valence-corrected chi connectivity index (χ1v) is 9.30. The number of halogens is 3. The summed E-state index contributed by atoms with van der Waals surface area (Å²) in [6.07, 6.45) is -4.61. The molecule has 2 aromatic rings. The lowest BCUT2D eigenvalue weighted by Crippen LogP contribution is -2.51. The highest BCUT2D eigenvalue weighted by molar-refractivity contribution is 5.85. The van der Waals surface area contributed by atoms with Crippen LogP contribution in [0, 0.1) is 5.92 Å². The molecular weight excluding hydrogens is 369 g/mol. The number of amides is 1. The smallest absolute Gasteiger partial charge is 0.410 e. The summed E-state index contributed by atoms with van der Waals surface area (Å²) >= 11 is 0. The Kier molecular flexibility index (Phi) is 5.32. The Morgan fingerprint density at radius 2 is 1.79 bits per heavy atom. The summed E-state index contributed by atoms with van der Waals surface area (Å²) in [5.41, 5.74) is 1.42. The Morgan fingerprint density at radius 1 is 1.18 bits per heavy atom. The maximum atomic E-state index is 14.3. The van der Waals surface area contributed by atoms with Gasteiger partial charge in [-0.15, -0.1) is 0 Å². The molecule has 0 radical (unpaired) electrons. The molecule has 152 valence electrons. The van der Waals surface area contributed by atoms with Crippen LogP contribution < -0.4 is 10.2 Å². The molecule has 1 N–H and O–H groups in total. The zero-order valence-electron chi connectivity index (χ0n) is 16.4. The lowest BCUT2D eigenvalue weighted by Gasteiger charge is -2.38. The topological polar surface area (TPSA) is 41.6 Å². The van der Waals surface area contributed by atoms with Crippen LogP contribution in [-0.2, 0) is 4.79 Å². The third-order valence-electron chi connectivity index (χ3n) is 4.80. The van der Waals surface area contributed by atoms with Crippen molar-refractivity contribution in [2.45, 2.75) is 51.9 Å². The SMILES string of the molecule is CC(C)COc1cc2ccccc2cc1[C@H](N1NC(=O)CC1(C)C)C(F)(F)F. The van der Waals surface area contributed by atoms with Crippen molar-refractivity contribution in [1.82, 2.24) is 10.4 Å². The zero-order chi connectivity index (χ0) is 20.7.